The average molecular weight is 519 g/mol. The molecule has 1 aliphatic heterocycles. The van der Waals surface area contributed by atoms with E-state index in [4.69, 9.17) is 0 Å². The van der Waals surface area contributed by atoms with E-state index in [9.17, 15) is 14.4 Å². The summed E-state index contributed by atoms with van der Waals surface area (Å²) >= 11 is 3.53. The third kappa shape index (κ3) is 3.22. The molecule has 0 N–H and O–H groups in total. The maximum atomic E-state index is 13.8. The minimum atomic E-state index is -0.266. The van der Waals surface area contributed by atoms with E-state index in [1.54, 1.807) is 17.0 Å². The largest absolute Gasteiger partial charge is 0.289 e. The number of rotatable bonds is 5. The van der Waals surface area contributed by atoms with E-state index in [2.05, 4.69) is 28.1 Å². The molecule has 6 heteroatoms. The number of halogens is 1. The first-order chi connectivity index (χ1) is 16.4. The zero-order valence-electron chi connectivity index (χ0n) is 19.3. The van der Waals surface area contributed by atoms with Crippen LogP contribution >= 0.6 is 15.9 Å². The Bertz CT molecular complexity index is 1200. The fourth-order valence-corrected chi connectivity index (χ4v) is 6.91. The molecule has 7 rings (SSSR count). The second-order valence-electron chi connectivity index (χ2n) is 10.1. The zero-order chi connectivity index (χ0) is 23.7. The Kier molecular flexibility index (Phi) is 5.07. The maximum Gasteiger partial charge on any atom is 0.259 e. The zero-order valence-corrected chi connectivity index (χ0v) is 20.9. The molecule has 3 amide bonds. The number of imide groups is 1. The van der Waals surface area contributed by atoms with E-state index in [0.717, 1.165) is 34.1 Å². The molecular weight excluding hydrogens is 492 g/mol. The van der Waals surface area contributed by atoms with E-state index in [1.807, 2.05) is 44.2 Å². The number of allylic oxidation sites excluding steroid dienone is 2. The molecule has 0 spiro atoms. The number of anilines is 1. The molecule has 1 saturated heterocycles. The van der Waals surface area contributed by atoms with E-state index in [1.165, 1.54) is 4.90 Å². The number of nitrogens with zero attached hydrogens (tertiary/aromatic N) is 2. The molecule has 3 fully saturated rings. The fourth-order valence-electron chi connectivity index (χ4n) is 6.50. The molecule has 6 atom stereocenters. The van der Waals surface area contributed by atoms with E-state index < -0.39 is 0 Å². The maximum absolute atomic E-state index is 13.8. The minimum Gasteiger partial charge on any atom is -0.289 e. The first-order valence-corrected chi connectivity index (χ1v) is 12.9. The van der Waals surface area contributed by atoms with Crippen molar-refractivity contribution >= 4 is 39.3 Å². The Balaban J connectivity index is 1.37. The SMILES string of the molecule is CCc1cc(Br)ccc1N(CN1C(=O)C2C3C=CC(C4CC34)C2C1=O)C(=O)c1ccc(C)cc1. The number of benzene rings is 2. The van der Waals surface area contributed by atoms with Gasteiger partial charge >= 0.3 is 0 Å². The van der Waals surface area contributed by atoms with Gasteiger partial charge in [-0.25, -0.2) is 0 Å². The normalized spacial score (nSPS) is 30.4. The van der Waals surface area contributed by atoms with Crippen LogP contribution in [-0.2, 0) is 16.0 Å². The summed E-state index contributed by atoms with van der Waals surface area (Å²) in [5.41, 5.74) is 3.32. The van der Waals surface area contributed by atoms with Gasteiger partial charge in [-0.3, -0.25) is 24.2 Å². The summed E-state index contributed by atoms with van der Waals surface area (Å²) < 4.78 is 0.928. The van der Waals surface area contributed by atoms with Gasteiger partial charge in [0.15, 0.2) is 0 Å². The summed E-state index contributed by atoms with van der Waals surface area (Å²) in [6.07, 6.45) is 6.20. The van der Waals surface area contributed by atoms with Crippen molar-refractivity contribution in [3.63, 3.8) is 0 Å². The van der Waals surface area contributed by atoms with Crippen LogP contribution in [0.25, 0.3) is 0 Å². The van der Waals surface area contributed by atoms with Crippen LogP contribution < -0.4 is 4.90 Å². The van der Waals surface area contributed by atoms with Gasteiger partial charge in [0.25, 0.3) is 5.91 Å². The monoisotopic (exact) mass is 518 g/mol. The molecule has 5 aliphatic rings. The highest BCUT2D eigenvalue weighted by Gasteiger charge is 2.67. The van der Waals surface area contributed by atoms with Crippen LogP contribution in [0.15, 0.2) is 59.1 Å². The first kappa shape index (κ1) is 21.8. The van der Waals surface area contributed by atoms with Gasteiger partial charge in [-0.1, -0.05) is 52.7 Å². The van der Waals surface area contributed by atoms with Gasteiger partial charge < -0.3 is 0 Å². The Morgan fingerprint density at radius 1 is 1.00 bits per heavy atom. The topological polar surface area (TPSA) is 57.7 Å². The molecule has 0 aromatic heterocycles. The van der Waals surface area contributed by atoms with Crippen LogP contribution in [0.2, 0.25) is 0 Å². The molecule has 2 saturated carbocycles. The molecule has 1 heterocycles. The van der Waals surface area contributed by atoms with Gasteiger partial charge in [-0.15, -0.1) is 0 Å². The Morgan fingerprint density at radius 2 is 1.62 bits per heavy atom. The molecule has 2 aromatic rings. The third-order valence-electron chi connectivity index (χ3n) is 8.29. The highest BCUT2D eigenvalue weighted by molar-refractivity contribution is 9.10. The summed E-state index contributed by atoms with van der Waals surface area (Å²) in [4.78, 5) is 44.0. The smallest absolute Gasteiger partial charge is 0.259 e. The molecule has 0 radical (unpaired) electrons. The highest BCUT2D eigenvalue weighted by Crippen LogP contribution is 2.65. The van der Waals surface area contributed by atoms with Crippen molar-refractivity contribution < 1.29 is 14.4 Å². The van der Waals surface area contributed by atoms with Crippen LogP contribution in [0, 0.1) is 42.4 Å². The number of carbonyl (C=O) groups is 3. The molecule has 2 aromatic carbocycles. The van der Waals surface area contributed by atoms with E-state index in [-0.39, 0.29) is 48.1 Å². The molecule has 34 heavy (non-hydrogen) atoms. The second-order valence-corrected chi connectivity index (χ2v) is 11.0. The number of hydrogen-bond acceptors (Lipinski definition) is 3. The molecular formula is C28H27BrN2O3. The van der Waals surface area contributed by atoms with Crippen molar-refractivity contribution in [1.82, 2.24) is 4.90 Å². The van der Waals surface area contributed by atoms with E-state index >= 15 is 0 Å². The van der Waals surface area contributed by atoms with Crippen molar-refractivity contribution in [3.05, 3.63) is 75.8 Å². The summed E-state index contributed by atoms with van der Waals surface area (Å²) in [6, 6.07) is 13.2. The summed E-state index contributed by atoms with van der Waals surface area (Å²) in [7, 11) is 0. The highest BCUT2D eigenvalue weighted by atomic mass is 79.9. The second kappa shape index (κ2) is 7.91. The van der Waals surface area contributed by atoms with Crippen molar-refractivity contribution in [3.8, 4) is 0 Å². The predicted octanol–water partition coefficient (Wildman–Crippen LogP) is 4.98. The van der Waals surface area contributed by atoms with Crippen molar-refractivity contribution in [2.24, 2.45) is 35.5 Å². The lowest BCUT2D eigenvalue weighted by molar-refractivity contribution is -0.140. The van der Waals surface area contributed by atoms with Crippen LogP contribution in [0.5, 0.6) is 0 Å². The van der Waals surface area contributed by atoms with Gasteiger partial charge in [-0.05, 0) is 79.3 Å². The molecule has 4 aliphatic carbocycles. The van der Waals surface area contributed by atoms with Crippen LogP contribution in [0.1, 0.15) is 34.8 Å². The van der Waals surface area contributed by atoms with Crippen molar-refractivity contribution in [1.29, 1.82) is 0 Å². The predicted molar refractivity (Wildman–Crippen MR) is 133 cm³/mol. The number of hydrogen-bond donors (Lipinski definition) is 0. The van der Waals surface area contributed by atoms with Crippen LogP contribution in [0.4, 0.5) is 5.69 Å². The standard InChI is InChI=1S/C28H27BrN2O3/c1-3-16-12-18(29)8-11-23(16)30(26(32)17-6-4-15(2)5-7-17)14-31-27(33)24-19-9-10-20(22-13-21(19)22)25(24)28(31)34/h4-12,19-22,24-25H,3,13-14H2,1-2H3. The lowest BCUT2D eigenvalue weighted by Crippen LogP contribution is -2.45. The van der Waals surface area contributed by atoms with Gasteiger partial charge in [-0.2, -0.15) is 0 Å². The lowest BCUT2D eigenvalue weighted by atomic mass is 9.63. The molecule has 2 bridgehead atoms. The molecule has 5 nitrogen and oxygen atoms in total. The number of amides is 3. The summed E-state index contributed by atoms with van der Waals surface area (Å²) in [6.45, 7) is 3.96. The number of carbonyl (C=O) groups excluding carboxylic acids is 3. The van der Waals surface area contributed by atoms with Crippen molar-refractivity contribution in [2.45, 2.75) is 26.7 Å². The van der Waals surface area contributed by atoms with Crippen LogP contribution in [0.3, 0.4) is 0 Å². The Hall–Kier alpha value is -2.73. The number of aryl methyl sites for hydroxylation is 2. The Labute approximate surface area is 207 Å². The van der Waals surface area contributed by atoms with Gasteiger partial charge in [0.05, 0.1) is 11.8 Å². The van der Waals surface area contributed by atoms with Gasteiger partial charge in [0, 0.05) is 15.7 Å². The minimum absolute atomic E-state index is 0.0548. The van der Waals surface area contributed by atoms with E-state index in [0.29, 0.717) is 17.4 Å². The van der Waals surface area contributed by atoms with Crippen LogP contribution in [-0.4, -0.2) is 29.3 Å². The average Bonchev–Trinajstić information content (AvgIpc) is 3.63. The van der Waals surface area contributed by atoms with Gasteiger partial charge in [0.1, 0.15) is 6.67 Å². The quantitative estimate of drug-likeness (QED) is 0.414. The third-order valence-corrected chi connectivity index (χ3v) is 8.79. The fraction of sp³-hybridized carbons (Fsp3) is 0.393. The Morgan fingerprint density at radius 3 is 2.21 bits per heavy atom. The first-order valence-electron chi connectivity index (χ1n) is 12.1. The summed E-state index contributed by atoms with van der Waals surface area (Å²) in [5, 5.41) is 0. The molecule has 174 valence electrons. The van der Waals surface area contributed by atoms with Gasteiger partial charge in [0.2, 0.25) is 11.8 Å². The van der Waals surface area contributed by atoms with Crippen molar-refractivity contribution in [2.75, 3.05) is 11.6 Å². The number of likely N-dealkylation sites (tertiary alicyclic amines) is 1. The molecule has 6 unspecified atom stereocenters. The summed E-state index contributed by atoms with van der Waals surface area (Å²) in [5.74, 6) is 0.469. The lowest BCUT2D eigenvalue weighted by Gasteiger charge is -2.37.